The molecule has 138 valence electrons. The van der Waals surface area contributed by atoms with Crippen molar-refractivity contribution < 1.29 is 17.6 Å². The fourth-order valence-electron chi connectivity index (χ4n) is 2.82. The fraction of sp³-hybridized carbons (Fsp3) is 0.278. The Morgan fingerprint density at radius 1 is 1.04 bits per heavy atom. The van der Waals surface area contributed by atoms with E-state index in [1.807, 2.05) is 0 Å². The molecule has 3 rings (SSSR count). The van der Waals surface area contributed by atoms with Crippen molar-refractivity contribution in [3.05, 3.63) is 58.9 Å². The molecule has 1 aliphatic heterocycles. The van der Waals surface area contributed by atoms with Gasteiger partial charge in [-0.2, -0.15) is 4.31 Å². The lowest BCUT2D eigenvalue weighted by molar-refractivity contribution is 0.102. The van der Waals surface area contributed by atoms with Gasteiger partial charge in [0.1, 0.15) is 10.7 Å². The molecule has 2 aromatic carbocycles. The quantitative estimate of drug-likeness (QED) is 0.852. The van der Waals surface area contributed by atoms with Crippen LogP contribution in [0.25, 0.3) is 0 Å². The SMILES string of the molecule is O=C(Nc1ccc(Cl)cc1)c1ccc(F)c(S(=O)(=O)N2CCCCC2)c1. The van der Waals surface area contributed by atoms with E-state index >= 15 is 0 Å². The third-order valence-corrected chi connectivity index (χ3v) is 6.39. The third kappa shape index (κ3) is 4.06. The zero-order chi connectivity index (χ0) is 18.7. The molecule has 1 heterocycles. The maximum Gasteiger partial charge on any atom is 0.255 e. The highest BCUT2D eigenvalue weighted by Gasteiger charge is 2.29. The van der Waals surface area contributed by atoms with Gasteiger partial charge in [0.25, 0.3) is 5.91 Å². The minimum absolute atomic E-state index is 0.0666. The van der Waals surface area contributed by atoms with Crippen molar-refractivity contribution in [3.63, 3.8) is 0 Å². The van der Waals surface area contributed by atoms with Gasteiger partial charge in [0.2, 0.25) is 10.0 Å². The van der Waals surface area contributed by atoms with Crippen LogP contribution in [0.4, 0.5) is 10.1 Å². The molecule has 0 aliphatic carbocycles. The van der Waals surface area contributed by atoms with Crippen LogP contribution in [0.15, 0.2) is 47.4 Å². The van der Waals surface area contributed by atoms with Crippen molar-refractivity contribution in [1.29, 1.82) is 0 Å². The Morgan fingerprint density at radius 3 is 2.35 bits per heavy atom. The number of amides is 1. The van der Waals surface area contributed by atoms with Gasteiger partial charge in [-0.1, -0.05) is 18.0 Å². The van der Waals surface area contributed by atoms with E-state index in [0.29, 0.717) is 23.8 Å². The zero-order valence-electron chi connectivity index (χ0n) is 13.9. The fourth-order valence-corrected chi connectivity index (χ4v) is 4.56. The Balaban J connectivity index is 1.87. The second kappa shape index (κ2) is 7.73. The van der Waals surface area contributed by atoms with E-state index < -0.39 is 26.6 Å². The summed E-state index contributed by atoms with van der Waals surface area (Å²) in [5, 5.41) is 3.16. The summed E-state index contributed by atoms with van der Waals surface area (Å²) in [6, 6.07) is 9.83. The van der Waals surface area contributed by atoms with E-state index in [2.05, 4.69) is 5.32 Å². The normalized spacial score (nSPS) is 15.6. The van der Waals surface area contributed by atoms with Crippen molar-refractivity contribution >= 4 is 33.2 Å². The zero-order valence-corrected chi connectivity index (χ0v) is 15.5. The van der Waals surface area contributed by atoms with E-state index in [4.69, 9.17) is 11.6 Å². The molecule has 1 amide bonds. The number of nitrogens with zero attached hydrogens (tertiary/aromatic N) is 1. The molecule has 0 radical (unpaired) electrons. The number of carbonyl (C=O) groups excluding carboxylic acids is 1. The Hall–Kier alpha value is -1.96. The smallest absolute Gasteiger partial charge is 0.255 e. The lowest BCUT2D eigenvalue weighted by Crippen LogP contribution is -2.36. The van der Waals surface area contributed by atoms with Gasteiger partial charge in [0, 0.05) is 29.4 Å². The van der Waals surface area contributed by atoms with Crippen LogP contribution in [0, 0.1) is 5.82 Å². The van der Waals surface area contributed by atoms with Gasteiger partial charge in [-0.3, -0.25) is 4.79 Å². The Labute approximate surface area is 156 Å². The largest absolute Gasteiger partial charge is 0.322 e. The summed E-state index contributed by atoms with van der Waals surface area (Å²) in [7, 11) is -3.97. The summed E-state index contributed by atoms with van der Waals surface area (Å²) in [6.45, 7) is 0.728. The summed E-state index contributed by atoms with van der Waals surface area (Å²) in [4.78, 5) is 11.9. The Morgan fingerprint density at radius 2 is 1.69 bits per heavy atom. The van der Waals surface area contributed by atoms with E-state index in [1.54, 1.807) is 24.3 Å². The topological polar surface area (TPSA) is 66.5 Å². The number of sulfonamides is 1. The van der Waals surface area contributed by atoms with Crippen LogP contribution in [0.5, 0.6) is 0 Å². The van der Waals surface area contributed by atoms with E-state index in [1.165, 1.54) is 10.4 Å². The predicted molar refractivity (Wildman–Crippen MR) is 98.4 cm³/mol. The maximum absolute atomic E-state index is 14.2. The van der Waals surface area contributed by atoms with Gasteiger partial charge in [0.05, 0.1) is 0 Å². The van der Waals surface area contributed by atoms with Gasteiger partial charge in [0.15, 0.2) is 0 Å². The molecule has 0 aromatic heterocycles. The second-order valence-electron chi connectivity index (χ2n) is 6.07. The molecular formula is C18H18ClFN2O3S. The molecule has 1 fully saturated rings. The van der Waals surface area contributed by atoms with E-state index in [-0.39, 0.29) is 5.56 Å². The number of nitrogens with one attached hydrogen (secondary N) is 1. The standard InChI is InChI=1S/C18H18ClFN2O3S/c19-14-5-7-15(8-6-14)21-18(23)13-4-9-16(20)17(12-13)26(24,25)22-10-2-1-3-11-22/h4-9,12H,1-3,10-11H2,(H,21,23). The molecule has 0 atom stereocenters. The van der Waals surface area contributed by atoms with E-state index in [0.717, 1.165) is 31.4 Å². The molecule has 1 aliphatic rings. The number of piperidine rings is 1. The molecule has 1 saturated heterocycles. The lowest BCUT2D eigenvalue weighted by Gasteiger charge is -2.26. The van der Waals surface area contributed by atoms with Gasteiger partial charge in [-0.05, 0) is 55.3 Å². The van der Waals surface area contributed by atoms with Crippen molar-refractivity contribution in [3.8, 4) is 0 Å². The molecule has 0 spiro atoms. The first-order valence-electron chi connectivity index (χ1n) is 8.24. The summed E-state index contributed by atoms with van der Waals surface area (Å²) >= 11 is 5.80. The Kier molecular flexibility index (Phi) is 5.60. The Bertz CT molecular complexity index is 911. The monoisotopic (exact) mass is 396 g/mol. The average molecular weight is 397 g/mol. The van der Waals surface area contributed by atoms with Crippen LogP contribution in [0.2, 0.25) is 5.02 Å². The number of hydrogen-bond donors (Lipinski definition) is 1. The number of carbonyl (C=O) groups is 1. The average Bonchev–Trinajstić information content (AvgIpc) is 2.64. The van der Waals surface area contributed by atoms with Gasteiger partial charge in [-0.25, -0.2) is 12.8 Å². The maximum atomic E-state index is 14.2. The molecular weight excluding hydrogens is 379 g/mol. The first kappa shape index (κ1) is 18.8. The number of rotatable bonds is 4. The van der Waals surface area contributed by atoms with Gasteiger partial charge in [-0.15, -0.1) is 0 Å². The summed E-state index contributed by atoms with van der Waals surface area (Å²) in [6.07, 6.45) is 2.45. The van der Waals surface area contributed by atoms with Gasteiger partial charge < -0.3 is 5.32 Å². The summed E-state index contributed by atoms with van der Waals surface area (Å²) < 4.78 is 40.9. The minimum atomic E-state index is -3.97. The minimum Gasteiger partial charge on any atom is -0.322 e. The molecule has 0 unspecified atom stereocenters. The molecule has 1 N–H and O–H groups in total. The van der Waals surface area contributed by atoms with Crippen LogP contribution in [0.1, 0.15) is 29.6 Å². The highest BCUT2D eigenvalue weighted by molar-refractivity contribution is 7.89. The molecule has 2 aromatic rings. The molecule has 26 heavy (non-hydrogen) atoms. The van der Waals surface area contributed by atoms with Gasteiger partial charge >= 0.3 is 0 Å². The number of anilines is 1. The van der Waals surface area contributed by atoms with Crippen molar-refractivity contribution in [1.82, 2.24) is 4.31 Å². The highest BCUT2D eigenvalue weighted by Crippen LogP contribution is 2.24. The number of hydrogen-bond acceptors (Lipinski definition) is 3. The van der Waals surface area contributed by atoms with Crippen LogP contribution in [0.3, 0.4) is 0 Å². The molecule has 8 heteroatoms. The van der Waals surface area contributed by atoms with Crippen LogP contribution in [-0.4, -0.2) is 31.7 Å². The third-order valence-electron chi connectivity index (χ3n) is 4.23. The molecule has 0 bridgehead atoms. The number of benzene rings is 2. The van der Waals surface area contributed by atoms with Crippen molar-refractivity contribution in [2.45, 2.75) is 24.2 Å². The predicted octanol–water partition coefficient (Wildman–Crippen LogP) is 3.91. The highest BCUT2D eigenvalue weighted by atomic mass is 35.5. The van der Waals surface area contributed by atoms with Crippen LogP contribution < -0.4 is 5.32 Å². The summed E-state index contributed by atoms with van der Waals surface area (Å²) in [5.74, 6) is -1.39. The van der Waals surface area contributed by atoms with Crippen LogP contribution >= 0.6 is 11.6 Å². The van der Waals surface area contributed by atoms with Crippen molar-refractivity contribution in [2.75, 3.05) is 18.4 Å². The first-order valence-corrected chi connectivity index (χ1v) is 10.1. The van der Waals surface area contributed by atoms with E-state index in [9.17, 15) is 17.6 Å². The van der Waals surface area contributed by atoms with Crippen LogP contribution in [-0.2, 0) is 10.0 Å². The molecule has 0 saturated carbocycles. The second-order valence-corrected chi connectivity index (χ2v) is 8.41. The van der Waals surface area contributed by atoms with Crippen molar-refractivity contribution in [2.24, 2.45) is 0 Å². The number of halogens is 2. The first-order chi connectivity index (χ1) is 12.4. The summed E-state index contributed by atoms with van der Waals surface area (Å²) in [5.41, 5.74) is 0.570. The lowest BCUT2D eigenvalue weighted by atomic mass is 10.2. The molecule has 5 nitrogen and oxygen atoms in total.